The Morgan fingerprint density at radius 3 is 2.47 bits per heavy atom. The number of rotatable bonds is 6. The molecule has 0 saturated carbocycles. The van der Waals surface area contributed by atoms with E-state index in [1.54, 1.807) is 11.3 Å². The molecule has 0 aliphatic heterocycles. The average Bonchev–Trinajstić information content (AvgIpc) is 3.22. The molecular formula is C25H21BrN2OS. The van der Waals surface area contributed by atoms with Crippen molar-refractivity contribution in [3.05, 3.63) is 111 Å². The monoisotopic (exact) mass is 476 g/mol. The predicted molar refractivity (Wildman–Crippen MR) is 127 cm³/mol. The molecule has 150 valence electrons. The molecule has 0 spiro atoms. The zero-order valence-corrected chi connectivity index (χ0v) is 18.9. The molecule has 0 aliphatic carbocycles. The summed E-state index contributed by atoms with van der Waals surface area (Å²) in [6.07, 6.45) is 0.250. The second-order valence-corrected chi connectivity index (χ2v) is 8.93. The highest BCUT2D eigenvalue weighted by molar-refractivity contribution is 9.10. The van der Waals surface area contributed by atoms with Crippen LogP contribution in [0.1, 0.15) is 28.4 Å². The Hall–Kier alpha value is -2.76. The maximum absolute atomic E-state index is 12.9. The molecule has 4 rings (SSSR count). The van der Waals surface area contributed by atoms with Gasteiger partial charge in [0.1, 0.15) is 5.01 Å². The summed E-state index contributed by atoms with van der Waals surface area (Å²) in [6, 6.07) is 26.2. The molecule has 30 heavy (non-hydrogen) atoms. The first kappa shape index (κ1) is 20.5. The molecule has 1 unspecified atom stereocenters. The van der Waals surface area contributed by atoms with Crippen molar-refractivity contribution in [3.63, 3.8) is 0 Å². The van der Waals surface area contributed by atoms with Crippen molar-refractivity contribution in [3.8, 4) is 10.6 Å². The van der Waals surface area contributed by atoms with Crippen molar-refractivity contribution in [2.24, 2.45) is 0 Å². The molecule has 0 bridgehead atoms. The number of aromatic nitrogens is 1. The first-order chi connectivity index (χ1) is 14.6. The Morgan fingerprint density at radius 1 is 1.00 bits per heavy atom. The molecule has 5 heteroatoms. The highest BCUT2D eigenvalue weighted by Gasteiger charge is 2.18. The zero-order chi connectivity index (χ0) is 20.9. The minimum Gasteiger partial charge on any atom is -0.345 e. The lowest BCUT2D eigenvalue weighted by molar-refractivity contribution is -0.121. The van der Waals surface area contributed by atoms with Gasteiger partial charge < -0.3 is 5.32 Å². The Kier molecular flexibility index (Phi) is 6.41. The predicted octanol–water partition coefficient (Wildman–Crippen LogP) is 6.33. The van der Waals surface area contributed by atoms with Gasteiger partial charge in [-0.2, -0.15) is 0 Å². The number of nitrogens with zero attached hydrogens (tertiary/aromatic N) is 1. The van der Waals surface area contributed by atoms with Crippen LogP contribution in [-0.4, -0.2) is 10.9 Å². The summed E-state index contributed by atoms with van der Waals surface area (Å²) in [4.78, 5) is 17.5. The second-order valence-electron chi connectivity index (χ2n) is 7.15. The average molecular weight is 477 g/mol. The number of carbonyl (C=O) groups is 1. The molecule has 1 amide bonds. The van der Waals surface area contributed by atoms with Crippen molar-refractivity contribution in [2.45, 2.75) is 19.4 Å². The maximum atomic E-state index is 12.9. The van der Waals surface area contributed by atoms with Crippen molar-refractivity contribution >= 4 is 33.2 Å². The van der Waals surface area contributed by atoms with Gasteiger partial charge in [-0.15, -0.1) is 11.3 Å². The van der Waals surface area contributed by atoms with Crippen molar-refractivity contribution in [2.75, 3.05) is 0 Å². The number of hydrogen-bond donors (Lipinski definition) is 1. The SMILES string of the molecule is Cc1ccc(C(NC(=O)Cc2csc(-c3cccc(Br)c3)n2)c2ccccc2)cc1. The molecule has 0 saturated heterocycles. The van der Waals surface area contributed by atoms with E-state index in [4.69, 9.17) is 0 Å². The molecule has 3 aromatic carbocycles. The van der Waals surface area contributed by atoms with Crippen LogP contribution in [0.3, 0.4) is 0 Å². The van der Waals surface area contributed by atoms with Gasteiger partial charge in [0.15, 0.2) is 0 Å². The summed E-state index contributed by atoms with van der Waals surface area (Å²) in [5, 5.41) is 6.07. The van der Waals surface area contributed by atoms with Crippen LogP contribution in [0.2, 0.25) is 0 Å². The molecule has 1 N–H and O–H groups in total. The Labute approximate surface area is 189 Å². The third-order valence-electron chi connectivity index (χ3n) is 4.81. The fourth-order valence-corrected chi connectivity index (χ4v) is 4.50. The van der Waals surface area contributed by atoms with E-state index in [1.807, 2.05) is 60.0 Å². The quantitative estimate of drug-likeness (QED) is 0.353. The Morgan fingerprint density at radius 2 is 1.73 bits per heavy atom. The normalized spacial score (nSPS) is 11.8. The number of aryl methyl sites for hydroxylation is 1. The van der Waals surface area contributed by atoms with E-state index in [9.17, 15) is 4.79 Å². The number of hydrogen-bond acceptors (Lipinski definition) is 3. The molecule has 1 aromatic heterocycles. The standard InChI is InChI=1S/C25H21BrN2OS/c1-17-10-12-19(13-11-17)24(18-6-3-2-4-7-18)28-23(29)15-22-16-30-25(27-22)20-8-5-9-21(26)14-20/h2-14,16,24H,15H2,1H3,(H,28,29). The number of amides is 1. The second kappa shape index (κ2) is 9.37. The van der Waals surface area contributed by atoms with Crippen LogP contribution >= 0.6 is 27.3 Å². The van der Waals surface area contributed by atoms with E-state index in [0.717, 1.165) is 31.9 Å². The van der Waals surface area contributed by atoms with E-state index < -0.39 is 0 Å². The van der Waals surface area contributed by atoms with Gasteiger partial charge in [0.2, 0.25) is 5.91 Å². The molecule has 1 heterocycles. The van der Waals surface area contributed by atoms with E-state index in [-0.39, 0.29) is 18.4 Å². The van der Waals surface area contributed by atoms with Crippen LogP contribution < -0.4 is 5.32 Å². The summed E-state index contributed by atoms with van der Waals surface area (Å²) < 4.78 is 1.01. The molecule has 0 fully saturated rings. The van der Waals surface area contributed by atoms with Crippen molar-refractivity contribution in [1.82, 2.24) is 10.3 Å². The van der Waals surface area contributed by atoms with E-state index in [2.05, 4.69) is 57.4 Å². The van der Waals surface area contributed by atoms with Gasteiger partial charge in [-0.05, 0) is 30.2 Å². The van der Waals surface area contributed by atoms with Gasteiger partial charge in [-0.1, -0.05) is 88.2 Å². The Balaban J connectivity index is 1.51. The van der Waals surface area contributed by atoms with Gasteiger partial charge in [0, 0.05) is 15.4 Å². The fourth-order valence-electron chi connectivity index (χ4n) is 3.28. The third kappa shape index (κ3) is 5.04. The van der Waals surface area contributed by atoms with E-state index >= 15 is 0 Å². The van der Waals surface area contributed by atoms with Crippen LogP contribution in [0.4, 0.5) is 0 Å². The van der Waals surface area contributed by atoms with Crippen molar-refractivity contribution in [1.29, 1.82) is 0 Å². The van der Waals surface area contributed by atoms with Crippen molar-refractivity contribution < 1.29 is 4.79 Å². The molecule has 0 aliphatic rings. The summed E-state index contributed by atoms with van der Waals surface area (Å²) in [5.41, 5.74) is 5.14. The van der Waals surface area contributed by atoms with Gasteiger partial charge in [-0.3, -0.25) is 4.79 Å². The van der Waals surface area contributed by atoms with E-state index in [0.29, 0.717) is 0 Å². The molecule has 0 radical (unpaired) electrons. The first-order valence-electron chi connectivity index (χ1n) is 9.70. The Bertz CT molecular complexity index is 1140. The van der Waals surface area contributed by atoms with Crippen LogP contribution in [0.25, 0.3) is 10.6 Å². The highest BCUT2D eigenvalue weighted by atomic mass is 79.9. The number of halogens is 1. The number of carbonyl (C=O) groups excluding carboxylic acids is 1. The zero-order valence-electron chi connectivity index (χ0n) is 16.5. The summed E-state index contributed by atoms with van der Waals surface area (Å²) in [5.74, 6) is -0.0458. The van der Waals surface area contributed by atoms with Crippen LogP contribution in [0, 0.1) is 6.92 Å². The molecule has 4 aromatic rings. The first-order valence-corrected chi connectivity index (χ1v) is 11.4. The van der Waals surface area contributed by atoms with Crippen LogP contribution in [-0.2, 0) is 11.2 Å². The highest BCUT2D eigenvalue weighted by Crippen LogP contribution is 2.27. The summed E-state index contributed by atoms with van der Waals surface area (Å²) in [6.45, 7) is 2.06. The van der Waals surface area contributed by atoms with Gasteiger partial charge >= 0.3 is 0 Å². The third-order valence-corrected chi connectivity index (χ3v) is 6.25. The minimum absolute atomic E-state index is 0.0458. The lowest BCUT2D eigenvalue weighted by Gasteiger charge is -2.20. The molecule has 3 nitrogen and oxygen atoms in total. The number of thiazole rings is 1. The molecular weight excluding hydrogens is 456 g/mol. The summed E-state index contributed by atoms with van der Waals surface area (Å²) >= 11 is 5.05. The van der Waals surface area contributed by atoms with Gasteiger partial charge in [0.05, 0.1) is 18.2 Å². The lowest BCUT2D eigenvalue weighted by Crippen LogP contribution is -2.30. The number of benzene rings is 3. The number of nitrogens with one attached hydrogen (secondary N) is 1. The maximum Gasteiger partial charge on any atom is 0.226 e. The fraction of sp³-hybridized carbons (Fsp3) is 0.120. The topological polar surface area (TPSA) is 42.0 Å². The largest absolute Gasteiger partial charge is 0.345 e. The minimum atomic E-state index is -0.192. The van der Waals surface area contributed by atoms with Gasteiger partial charge in [0.25, 0.3) is 0 Å². The molecule has 1 atom stereocenters. The lowest BCUT2D eigenvalue weighted by atomic mass is 9.97. The van der Waals surface area contributed by atoms with Gasteiger partial charge in [-0.25, -0.2) is 4.98 Å². The smallest absolute Gasteiger partial charge is 0.226 e. The van der Waals surface area contributed by atoms with Crippen LogP contribution in [0.15, 0.2) is 88.7 Å². The summed E-state index contributed by atoms with van der Waals surface area (Å²) in [7, 11) is 0. The van der Waals surface area contributed by atoms with Crippen LogP contribution in [0.5, 0.6) is 0 Å². The van der Waals surface area contributed by atoms with E-state index in [1.165, 1.54) is 5.56 Å².